The number of carbonyl (C=O) groups excluding carboxylic acids is 2. The highest BCUT2D eigenvalue weighted by molar-refractivity contribution is 5.94. The minimum absolute atomic E-state index is 0.150. The lowest BCUT2D eigenvalue weighted by Gasteiger charge is -2.28. The normalized spacial score (nSPS) is 20.7. The highest BCUT2D eigenvalue weighted by Crippen LogP contribution is 2.28. The lowest BCUT2D eigenvalue weighted by molar-refractivity contribution is -0.102. The molecule has 1 aromatic rings. The number of unbranched alkanes of at least 4 members (excludes halogenated alkanes) is 2. The van der Waals surface area contributed by atoms with E-state index in [0.29, 0.717) is 37.2 Å². The first-order chi connectivity index (χ1) is 17.5. The van der Waals surface area contributed by atoms with Gasteiger partial charge in [0.2, 0.25) is 0 Å². The zero-order chi connectivity index (χ0) is 26.2. The number of alkyl carbamates (subject to hydrolysis) is 1. The van der Waals surface area contributed by atoms with Gasteiger partial charge in [0.1, 0.15) is 24.2 Å². The van der Waals surface area contributed by atoms with Gasteiger partial charge in [0.05, 0.1) is 19.8 Å². The minimum Gasteiger partial charge on any atom is -0.496 e. The molecule has 8 nitrogen and oxygen atoms in total. The molecular weight excluding hydrogens is 462 g/mol. The molecule has 0 saturated heterocycles. The molecule has 1 amide bonds. The number of cyclic esters (lactones) is 1. The number of allylic oxidation sites excluding steroid dienone is 2. The van der Waals surface area contributed by atoms with Crippen molar-refractivity contribution in [2.24, 2.45) is 5.92 Å². The average Bonchev–Trinajstić information content (AvgIpc) is 2.88. The largest absolute Gasteiger partial charge is 0.496 e. The zero-order valence-corrected chi connectivity index (χ0v) is 22.0. The van der Waals surface area contributed by atoms with Crippen LogP contribution in [0.1, 0.15) is 68.3 Å². The van der Waals surface area contributed by atoms with Crippen LogP contribution in [0.15, 0.2) is 42.6 Å². The molecule has 0 spiro atoms. The second-order valence-corrected chi connectivity index (χ2v) is 8.88. The first-order valence-corrected chi connectivity index (χ1v) is 12.7. The van der Waals surface area contributed by atoms with Gasteiger partial charge in [-0.2, -0.15) is 0 Å². The highest BCUT2D eigenvalue weighted by Gasteiger charge is 2.27. The van der Waals surface area contributed by atoms with Gasteiger partial charge in [0.15, 0.2) is 0 Å². The number of fused-ring (bicyclic) bond motifs is 1. The van der Waals surface area contributed by atoms with Crippen LogP contribution in [0.2, 0.25) is 0 Å². The number of rotatable bonds is 11. The van der Waals surface area contributed by atoms with E-state index in [-0.39, 0.29) is 18.8 Å². The van der Waals surface area contributed by atoms with Crippen LogP contribution >= 0.6 is 0 Å². The first-order valence-electron chi connectivity index (χ1n) is 12.7. The molecule has 1 heterocycles. The van der Waals surface area contributed by atoms with E-state index in [1.54, 1.807) is 26.4 Å². The molecule has 1 N–H and O–H groups in total. The number of amides is 1. The van der Waals surface area contributed by atoms with Crippen molar-refractivity contribution in [3.63, 3.8) is 0 Å². The van der Waals surface area contributed by atoms with Crippen LogP contribution in [-0.4, -0.2) is 51.9 Å². The van der Waals surface area contributed by atoms with Crippen molar-refractivity contribution in [3.8, 4) is 5.75 Å². The predicted molar refractivity (Wildman–Crippen MR) is 138 cm³/mol. The summed E-state index contributed by atoms with van der Waals surface area (Å²) in [5.74, 6) is 0.212. The van der Waals surface area contributed by atoms with Gasteiger partial charge in [-0.05, 0) is 36.8 Å². The van der Waals surface area contributed by atoms with Gasteiger partial charge in [0, 0.05) is 26.2 Å². The molecule has 3 atom stereocenters. The Morgan fingerprint density at radius 3 is 2.81 bits per heavy atom. The topological polar surface area (TPSA) is 92.3 Å². The molecule has 1 aliphatic rings. The van der Waals surface area contributed by atoms with Crippen LogP contribution in [0.5, 0.6) is 5.75 Å². The molecule has 200 valence electrons. The Labute approximate surface area is 215 Å². The SMILES string of the molecule is CCCCCOC(=O)NC=CC[C@H]1C[C@@H](OCOC)[C@@H](C)CC=CCc2cccc(OC)c2C(=O)O1. The summed E-state index contributed by atoms with van der Waals surface area (Å²) in [7, 11) is 3.12. The minimum atomic E-state index is -0.501. The van der Waals surface area contributed by atoms with Crippen LogP contribution in [0, 0.1) is 5.92 Å². The maximum Gasteiger partial charge on any atom is 0.411 e. The third-order valence-corrected chi connectivity index (χ3v) is 6.05. The number of carbonyl (C=O) groups is 2. The monoisotopic (exact) mass is 503 g/mol. The fourth-order valence-electron chi connectivity index (χ4n) is 4.01. The quantitative estimate of drug-likeness (QED) is 0.183. The molecule has 0 radical (unpaired) electrons. The van der Waals surface area contributed by atoms with Crippen LogP contribution in [0.3, 0.4) is 0 Å². The molecular formula is C28H41NO7. The predicted octanol–water partition coefficient (Wildman–Crippen LogP) is 5.56. The van der Waals surface area contributed by atoms with Crippen molar-refractivity contribution in [2.75, 3.05) is 27.6 Å². The standard InChI is InChI=1S/C28H41NO7/c1-5-6-9-18-34-28(31)29-17-11-15-23-19-25(35-20-32-3)21(2)12-7-8-13-22-14-10-16-24(33-4)26(22)27(30)36-23/h7-8,10-11,14,16-17,21,23,25H,5-6,9,12-13,15,18-20H2,1-4H3,(H,29,31)/t21-,23-,25+/m0/s1. The Morgan fingerprint density at radius 1 is 1.22 bits per heavy atom. The van der Waals surface area contributed by atoms with E-state index in [1.165, 1.54) is 6.20 Å². The molecule has 0 saturated carbocycles. The number of hydrogen-bond donors (Lipinski definition) is 1. The Kier molecular flexibility index (Phi) is 13.7. The van der Waals surface area contributed by atoms with E-state index in [1.807, 2.05) is 12.1 Å². The van der Waals surface area contributed by atoms with E-state index in [2.05, 4.69) is 31.3 Å². The van der Waals surface area contributed by atoms with Crippen molar-refractivity contribution < 1.29 is 33.3 Å². The summed E-state index contributed by atoms with van der Waals surface area (Å²) in [6.45, 7) is 4.74. The number of esters is 1. The lowest BCUT2D eigenvalue weighted by Crippen LogP contribution is -2.31. The molecule has 0 aliphatic carbocycles. The van der Waals surface area contributed by atoms with Gasteiger partial charge in [-0.1, -0.05) is 57.0 Å². The Morgan fingerprint density at radius 2 is 2.06 bits per heavy atom. The van der Waals surface area contributed by atoms with Gasteiger partial charge < -0.3 is 23.7 Å². The van der Waals surface area contributed by atoms with Crippen molar-refractivity contribution in [3.05, 3.63) is 53.8 Å². The van der Waals surface area contributed by atoms with Crippen molar-refractivity contribution in [1.29, 1.82) is 0 Å². The summed E-state index contributed by atoms with van der Waals surface area (Å²) >= 11 is 0. The Balaban J connectivity index is 2.17. The summed E-state index contributed by atoms with van der Waals surface area (Å²) in [4.78, 5) is 25.2. The molecule has 1 aliphatic heterocycles. The summed E-state index contributed by atoms with van der Waals surface area (Å²) < 4.78 is 27.7. The lowest BCUT2D eigenvalue weighted by atomic mass is 9.93. The molecule has 0 aromatic heterocycles. The fraction of sp³-hybridized carbons (Fsp3) is 0.571. The first kappa shape index (κ1) is 29.4. The number of nitrogens with one attached hydrogen (secondary N) is 1. The van der Waals surface area contributed by atoms with E-state index in [0.717, 1.165) is 31.2 Å². The Bertz CT molecular complexity index is 867. The zero-order valence-electron chi connectivity index (χ0n) is 22.0. The third-order valence-electron chi connectivity index (χ3n) is 6.05. The van der Waals surface area contributed by atoms with E-state index in [9.17, 15) is 9.59 Å². The van der Waals surface area contributed by atoms with Crippen LogP contribution in [-0.2, 0) is 25.4 Å². The number of benzene rings is 1. The second kappa shape index (κ2) is 16.8. The molecule has 1 aromatic carbocycles. The van der Waals surface area contributed by atoms with Gasteiger partial charge in [-0.3, -0.25) is 5.32 Å². The van der Waals surface area contributed by atoms with Crippen molar-refractivity contribution >= 4 is 12.1 Å². The highest BCUT2D eigenvalue weighted by atomic mass is 16.7. The number of ether oxygens (including phenoxy) is 5. The van der Waals surface area contributed by atoms with Gasteiger partial charge in [0.25, 0.3) is 0 Å². The molecule has 2 rings (SSSR count). The fourth-order valence-corrected chi connectivity index (χ4v) is 4.01. The molecule has 0 fully saturated rings. The van der Waals surface area contributed by atoms with Gasteiger partial charge in [-0.15, -0.1) is 0 Å². The van der Waals surface area contributed by atoms with Crippen LogP contribution < -0.4 is 10.1 Å². The van der Waals surface area contributed by atoms with E-state index in [4.69, 9.17) is 23.7 Å². The summed E-state index contributed by atoms with van der Waals surface area (Å²) in [6, 6.07) is 5.54. The van der Waals surface area contributed by atoms with E-state index < -0.39 is 18.2 Å². The second-order valence-electron chi connectivity index (χ2n) is 8.88. The molecule has 0 unspecified atom stereocenters. The summed E-state index contributed by atoms with van der Waals surface area (Å²) in [5.41, 5.74) is 1.27. The van der Waals surface area contributed by atoms with Crippen molar-refractivity contribution in [2.45, 2.75) is 71.0 Å². The van der Waals surface area contributed by atoms with Gasteiger partial charge in [-0.25, -0.2) is 9.59 Å². The average molecular weight is 504 g/mol. The smallest absolute Gasteiger partial charge is 0.411 e. The number of methoxy groups -OCH3 is 2. The van der Waals surface area contributed by atoms with Crippen molar-refractivity contribution in [1.82, 2.24) is 5.32 Å². The molecule has 8 heteroatoms. The van der Waals surface area contributed by atoms with E-state index >= 15 is 0 Å². The summed E-state index contributed by atoms with van der Waals surface area (Å²) in [6.07, 6.45) is 11.5. The van der Waals surface area contributed by atoms with Crippen LogP contribution in [0.4, 0.5) is 4.79 Å². The molecule has 36 heavy (non-hydrogen) atoms. The number of hydrogen-bond acceptors (Lipinski definition) is 7. The van der Waals surface area contributed by atoms with Crippen LogP contribution in [0.25, 0.3) is 0 Å². The summed E-state index contributed by atoms with van der Waals surface area (Å²) in [5, 5.41) is 2.60. The van der Waals surface area contributed by atoms with Gasteiger partial charge >= 0.3 is 12.1 Å². The third kappa shape index (κ3) is 10.0. The maximum absolute atomic E-state index is 13.3. The molecule has 0 bridgehead atoms. The maximum atomic E-state index is 13.3. The Hall–Kier alpha value is -2.84.